The number of rotatable bonds is 4. The second-order valence-electron chi connectivity index (χ2n) is 6.37. The maximum absolute atomic E-state index is 10.4. The molecular weight excluding hydrogens is 344 g/mol. The summed E-state index contributed by atoms with van der Waals surface area (Å²) < 4.78 is 0. The van der Waals surface area contributed by atoms with Crippen LogP contribution in [0.5, 0.6) is 28.7 Å². The molecule has 3 aromatic carbocycles. The summed E-state index contributed by atoms with van der Waals surface area (Å²) in [5.74, 6) is -0.610. The summed E-state index contributed by atoms with van der Waals surface area (Å²) in [6.07, 6.45) is 3.37. The average molecular weight is 364 g/mol. The Balaban J connectivity index is 1.89. The van der Waals surface area contributed by atoms with Crippen LogP contribution in [-0.2, 0) is 0 Å². The lowest BCUT2D eigenvalue weighted by Gasteiger charge is -2.16. The first-order valence-electron chi connectivity index (χ1n) is 8.40. The topological polar surface area (TPSA) is 101 Å². The van der Waals surface area contributed by atoms with E-state index in [9.17, 15) is 25.5 Å². The normalized spacial score (nSPS) is 12.3. The SMILES string of the molecule is CC(c1ccc(O)cc1)c1c(O)cc(C=Cc2ccc(O)c(O)c2)cc1O. The Hall–Kier alpha value is -3.60. The molecule has 0 aliphatic rings. The Morgan fingerprint density at radius 2 is 1.19 bits per heavy atom. The van der Waals surface area contributed by atoms with Gasteiger partial charge < -0.3 is 25.5 Å². The molecule has 5 nitrogen and oxygen atoms in total. The molecule has 1 atom stereocenters. The van der Waals surface area contributed by atoms with Crippen molar-refractivity contribution < 1.29 is 25.5 Å². The summed E-state index contributed by atoms with van der Waals surface area (Å²) in [4.78, 5) is 0. The lowest BCUT2D eigenvalue weighted by molar-refractivity contribution is 0.403. The second kappa shape index (κ2) is 7.33. The standard InChI is InChI=1S/C22H20O5/c1-13(16-5-7-17(23)8-6-16)22-20(26)11-15(12-21(22)27)3-2-14-4-9-18(24)19(25)10-14/h2-13,23-27H,1H3. The van der Waals surface area contributed by atoms with Crippen LogP contribution >= 0.6 is 0 Å². The summed E-state index contributed by atoms with van der Waals surface area (Å²) >= 11 is 0. The molecule has 0 fully saturated rings. The predicted octanol–water partition coefficient (Wildman–Crippen LogP) is 4.54. The molecule has 0 amide bonds. The van der Waals surface area contributed by atoms with Gasteiger partial charge in [-0.2, -0.15) is 0 Å². The predicted molar refractivity (Wildman–Crippen MR) is 104 cm³/mol. The highest BCUT2D eigenvalue weighted by molar-refractivity contribution is 5.73. The van der Waals surface area contributed by atoms with Crippen molar-refractivity contribution in [3.8, 4) is 28.7 Å². The monoisotopic (exact) mass is 364 g/mol. The molecule has 0 aromatic heterocycles. The van der Waals surface area contributed by atoms with E-state index in [2.05, 4.69) is 0 Å². The smallest absolute Gasteiger partial charge is 0.157 e. The molecule has 0 saturated carbocycles. The zero-order valence-electron chi connectivity index (χ0n) is 14.7. The molecule has 1 unspecified atom stereocenters. The highest BCUT2D eigenvalue weighted by Crippen LogP contribution is 2.39. The Bertz CT molecular complexity index is 967. The van der Waals surface area contributed by atoms with Crippen LogP contribution in [0.3, 0.4) is 0 Å². The first-order valence-corrected chi connectivity index (χ1v) is 8.40. The van der Waals surface area contributed by atoms with Crippen LogP contribution in [0.4, 0.5) is 0 Å². The van der Waals surface area contributed by atoms with Gasteiger partial charge in [-0.15, -0.1) is 0 Å². The van der Waals surface area contributed by atoms with Gasteiger partial charge in [-0.05, 0) is 53.1 Å². The van der Waals surface area contributed by atoms with E-state index in [1.54, 1.807) is 54.6 Å². The van der Waals surface area contributed by atoms with Gasteiger partial charge in [0.1, 0.15) is 17.2 Å². The average Bonchev–Trinajstić information content (AvgIpc) is 2.62. The molecule has 0 spiro atoms. The molecule has 5 heteroatoms. The third-order valence-electron chi connectivity index (χ3n) is 4.45. The van der Waals surface area contributed by atoms with Gasteiger partial charge >= 0.3 is 0 Å². The van der Waals surface area contributed by atoms with Crippen molar-refractivity contribution in [2.24, 2.45) is 0 Å². The van der Waals surface area contributed by atoms with Crippen molar-refractivity contribution in [2.45, 2.75) is 12.8 Å². The Morgan fingerprint density at radius 1 is 0.630 bits per heavy atom. The molecule has 3 aromatic rings. The molecule has 3 rings (SSSR count). The number of hydrogen-bond donors (Lipinski definition) is 5. The zero-order valence-corrected chi connectivity index (χ0v) is 14.7. The van der Waals surface area contributed by atoms with Gasteiger partial charge in [0.05, 0.1) is 0 Å². The number of aromatic hydroxyl groups is 5. The summed E-state index contributed by atoms with van der Waals surface area (Å²) in [5, 5.41) is 49.1. The molecule has 138 valence electrons. The van der Waals surface area contributed by atoms with E-state index in [1.807, 2.05) is 6.92 Å². The van der Waals surface area contributed by atoms with E-state index in [0.29, 0.717) is 16.7 Å². The summed E-state index contributed by atoms with van der Waals surface area (Å²) in [7, 11) is 0. The third kappa shape index (κ3) is 3.98. The first kappa shape index (κ1) is 18.2. The molecule has 0 radical (unpaired) electrons. The number of benzene rings is 3. The zero-order chi connectivity index (χ0) is 19.6. The van der Waals surface area contributed by atoms with Gasteiger partial charge in [-0.25, -0.2) is 0 Å². The maximum Gasteiger partial charge on any atom is 0.157 e. The van der Waals surface area contributed by atoms with Crippen molar-refractivity contribution in [2.75, 3.05) is 0 Å². The summed E-state index contributed by atoms with van der Waals surface area (Å²) in [6.45, 7) is 1.86. The molecule has 0 bridgehead atoms. The largest absolute Gasteiger partial charge is 0.508 e. The Morgan fingerprint density at radius 3 is 1.78 bits per heavy atom. The van der Waals surface area contributed by atoms with Gasteiger partial charge in [0.25, 0.3) is 0 Å². The van der Waals surface area contributed by atoms with Crippen LogP contribution in [0.25, 0.3) is 12.2 Å². The molecular formula is C22H20O5. The van der Waals surface area contributed by atoms with E-state index >= 15 is 0 Å². The van der Waals surface area contributed by atoms with Crippen LogP contribution in [-0.4, -0.2) is 25.5 Å². The second-order valence-corrected chi connectivity index (χ2v) is 6.37. The minimum atomic E-state index is -0.266. The fraction of sp³-hybridized carbons (Fsp3) is 0.0909. The molecule has 0 heterocycles. The molecule has 27 heavy (non-hydrogen) atoms. The fourth-order valence-corrected chi connectivity index (χ4v) is 2.95. The third-order valence-corrected chi connectivity index (χ3v) is 4.45. The molecule has 0 saturated heterocycles. The van der Waals surface area contributed by atoms with Crippen LogP contribution in [0.2, 0.25) is 0 Å². The highest BCUT2D eigenvalue weighted by atomic mass is 16.3. The van der Waals surface area contributed by atoms with Crippen molar-refractivity contribution in [3.63, 3.8) is 0 Å². The number of phenols is 5. The lowest BCUT2D eigenvalue weighted by Crippen LogP contribution is -1.97. The molecule has 5 N–H and O–H groups in total. The highest BCUT2D eigenvalue weighted by Gasteiger charge is 2.18. The molecule has 0 aliphatic heterocycles. The number of phenolic OH excluding ortho intramolecular Hbond substituents is 5. The minimum Gasteiger partial charge on any atom is -0.508 e. The number of hydrogen-bond acceptors (Lipinski definition) is 5. The van der Waals surface area contributed by atoms with E-state index in [1.165, 1.54) is 12.1 Å². The van der Waals surface area contributed by atoms with E-state index in [-0.39, 0.29) is 34.7 Å². The lowest BCUT2D eigenvalue weighted by atomic mass is 9.90. The van der Waals surface area contributed by atoms with Gasteiger partial charge in [0, 0.05) is 11.5 Å². The van der Waals surface area contributed by atoms with Crippen molar-refractivity contribution in [1.82, 2.24) is 0 Å². The molecule has 0 aliphatic carbocycles. The van der Waals surface area contributed by atoms with E-state index < -0.39 is 0 Å². The van der Waals surface area contributed by atoms with Gasteiger partial charge in [-0.1, -0.05) is 37.3 Å². The van der Waals surface area contributed by atoms with Gasteiger partial charge in [-0.3, -0.25) is 0 Å². The van der Waals surface area contributed by atoms with E-state index in [0.717, 1.165) is 5.56 Å². The Kier molecular flexibility index (Phi) is 4.94. The van der Waals surface area contributed by atoms with Crippen molar-refractivity contribution in [3.05, 3.63) is 76.9 Å². The van der Waals surface area contributed by atoms with Gasteiger partial charge in [0.15, 0.2) is 11.5 Å². The Labute approximate surface area is 156 Å². The maximum atomic E-state index is 10.4. The van der Waals surface area contributed by atoms with Crippen molar-refractivity contribution >= 4 is 12.2 Å². The quantitative estimate of drug-likeness (QED) is 0.346. The summed E-state index contributed by atoms with van der Waals surface area (Å²) in [5.41, 5.74) is 2.49. The fourth-order valence-electron chi connectivity index (χ4n) is 2.95. The van der Waals surface area contributed by atoms with Crippen LogP contribution in [0.1, 0.15) is 35.1 Å². The van der Waals surface area contributed by atoms with E-state index in [4.69, 9.17) is 0 Å². The summed E-state index contributed by atoms with van der Waals surface area (Å²) in [6, 6.07) is 14.1. The van der Waals surface area contributed by atoms with Crippen molar-refractivity contribution in [1.29, 1.82) is 0 Å². The van der Waals surface area contributed by atoms with Crippen LogP contribution in [0.15, 0.2) is 54.6 Å². The van der Waals surface area contributed by atoms with Crippen LogP contribution < -0.4 is 0 Å². The van der Waals surface area contributed by atoms with Gasteiger partial charge in [0.2, 0.25) is 0 Å². The minimum absolute atomic E-state index is 0.0382. The van der Waals surface area contributed by atoms with Crippen LogP contribution in [0, 0.1) is 0 Å². The first-order chi connectivity index (χ1) is 12.8.